The maximum atomic E-state index is 13.2. The maximum Gasteiger partial charge on any atom is 0.137 e. The van der Waals surface area contributed by atoms with Crippen molar-refractivity contribution in [3.05, 3.63) is 38.9 Å². The number of nitrogens with zero attached hydrogens (tertiary/aromatic N) is 1. The summed E-state index contributed by atoms with van der Waals surface area (Å²) in [6.45, 7) is 2.20. The molecule has 2 rings (SSSR count). The predicted octanol–water partition coefficient (Wildman–Crippen LogP) is 3.45. The highest BCUT2D eigenvalue weighted by Gasteiger charge is 2.07. The Kier molecular flexibility index (Phi) is 5.45. The molecule has 0 aliphatic heterocycles. The van der Waals surface area contributed by atoms with Gasteiger partial charge in [0.2, 0.25) is 0 Å². The highest BCUT2D eigenvalue weighted by Crippen LogP contribution is 2.26. The largest absolute Gasteiger partial charge is 0.383 e. The Morgan fingerprint density at radius 2 is 2.32 bits per heavy atom. The first-order valence-corrected chi connectivity index (χ1v) is 7.47. The Labute approximate surface area is 124 Å². The highest BCUT2D eigenvalue weighted by molar-refractivity contribution is 9.10. The molecule has 2 aromatic rings. The van der Waals surface area contributed by atoms with E-state index in [4.69, 9.17) is 4.74 Å². The van der Waals surface area contributed by atoms with E-state index in [1.54, 1.807) is 30.6 Å². The molecule has 0 saturated heterocycles. The zero-order valence-electron chi connectivity index (χ0n) is 10.5. The monoisotopic (exact) mass is 344 g/mol. The van der Waals surface area contributed by atoms with Crippen molar-refractivity contribution in [2.24, 2.45) is 0 Å². The molecule has 0 radical (unpaired) electrons. The molecule has 3 nitrogen and oxygen atoms in total. The third-order valence-corrected chi connectivity index (χ3v) is 3.98. The second kappa shape index (κ2) is 7.09. The highest BCUT2D eigenvalue weighted by atomic mass is 79.9. The van der Waals surface area contributed by atoms with E-state index >= 15 is 0 Å². The van der Waals surface area contributed by atoms with Crippen LogP contribution in [-0.4, -0.2) is 25.2 Å². The number of aromatic nitrogens is 1. The molecule has 0 spiro atoms. The van der Waals surface area contributed by atoms with E-state index in [1.165, 1.54) is 6.07 Å². The van der Waals surface area contributed by atoms with E-state index < -0.39 is 0 Å². The van der Waals surface area contributed by atoms with Crippen LogP contribution < -0.4 is 5.32 Å². The zero-order chi connectivity index (χ0) is 13.7. The Bertz CT molecular complexity index is 547. The minimum absolute atomic E-state index is 0.263. The summed E-state index contributed by atoms with van der Waals surface area (Å²) in [4.78, 5) is 4.52. The Morgan fingerprint density at radius 1 is 1.47 bits per heavy atom. The van der Waals surface area contributed by atoms with Crippen LogP contribution in [0.4, 0.5) is 4.39 Å². The van der Waals surface area contributed by atoms with Gasteiger partial charge in [0.05, 0.1) is 16.8 Å². The van der Waals surface area contributed by atoms with Crippen LogP contribution in [0.3, 0.4) is 0 Å². The number of halogens is 2. The lowest BCUT2D eigenvalue weighted by Gasteiger charge is -2.01. The van der Waals surface area contributed by atoms with Crippen LogP contribution in [0, 0.1) is 5.82 Å². The summed E-state index contributed by atoms with van der Waals surface area (Å²) in [6.07, 6.45) is 0. The summed E-state index contributed by atoms with van der Waals surface area (Å²) < 4.78 is 18.6. The molecule has 1 N–H and O–H groups in total. The first-order chi connectivity index (χ1) is 9.20. The van der Waals surface area contributed by atoms with E-state index in [1.807, 2.05) is 5.38 Å². The first-order valence-electron chi connectivity index (χ1n) is 5.80. The van der Waals surface area contributed by atoms with Crippen LogP contribution in [0.1, 0.15) is 5.01 Å². The van der Waals surface area contributed by atoms with Crippen molar-refractivity contribution in [3.8, 4) is 11.3 Å². The Hall–Kier alpha value is -0.820. The molecule has 19 heavy (non-hydrogen) atoms. The third kappa shape index (κ3) is 4.07. The number of nitrogens with one attached hydrogen (secondary N) is 1. The Balaban J connectivity index is 2.01. The normalized spacial score (nSPS) is 10.9. The fourth-order valence-corrected chi connectivity index (χ4v) is 2.70. The molecular weight excluding hydrogens is 331 g/mol. The second-order valence-corrected chi connectivity index (χ2v) is 5.72. The van der Waals surface area contributed by atoms with Gasteiger partial charge in [0.15, 0.2) is 0 Å². The van der Waals surface area contributed by atoms with E-state index in [-0.39, 0.29) is 5.82 Å². The zero-order valence-corrected chi connectivity index (χ0v) is 12.9. The SMILES string of the molecule is COCCNCc1nc(-c2ccc(F)c(Br)c2)cs1. The summed E-state index contributed by atoms with van der Waals surface area (Å²) in [6, 6.07) is 4.92. The molecule has 0 unspecified atom stereocenters. The van der Waals surface area contributed by atoms with Crippen molar-refractivity contribution >= 4 is 27.3 Å². The Morgan fingerprint density at radius 3 is 3.05 bits per heavy atom. The van der Waals surface area contributed by atoms with Gasteiger partial charge in [-0.05, 0) is 34.1 Å². The lowest BCUT2D eigenvalue weighted by molar-refractivity contribution is 0.199. The van der Waals surface area contributed by atoms with Gasteiger partial charge >= 0.3 is 0 Å². The van der Waals surface area contributed by atoms with Gasteiger partial charge in [-0.15, -0.1) is 11.3 Å². The van der Waals surface area contributed by atoms with E-state index in [0.29, 0.717) is 11.1 Å². The molecule has 0 amide bonds. The van der Waals surface area contributed by atoms with Crippen molar-refractivity contribution in [1.29, 1.82) is 0 Å². The van der Waals surface area contributed by atoms with Gasteiger partial charge in [0.25, 0.3) is 0 Å². The molecule has 1 heterocycles. The number of hydrogen-bond donors (Lipinski definition) is 1. The van der Waals surface area contributed by atoms with Gasteiger partial charge in [0.1, 0.15) is 10.8 Å². The van der Waals surface area contributed by atoms with Crippen LogP contribution in [0.2, 0.25) is 0 Å². The molecule has 6 heteroatoms. The van der Waals surface area contributed by atoms with Gasteiger partial charge in [-0.2, -0.15) is 0 Å². The van der Waals surface area contributed by atoms with Crippen molar-refractivity contribution in [1.82, 2.24) is 10.3 Å². The van der Waals surface area contributed by atoms with Gasteiger partial charge < -0.3 is 10.1 Å². The van der Waals surface area contributed by atoms with Crippen LogP contribution in [0.25, 0.3) is 11.3 Å². The molecule has 1 aromatic heterocycles. The lowest BCUT2D eigenvalue weighted by atomic mass is 10.2. The quantitative estimate of drug-likeness (QED) is 0.815. The minimum Gasteiger partial charge on any atom is -0.383 e. The fourth-order valence-electron chi connectivity index (χ4n) is 1.55. The molecule has 0 saturated carbocycles. The molecular formula is C13H14BrFN2OS. The first kappa shape index (κ1) is 14.6. The second-order valence-electron chi connectivity index (χ2n) is 3.92. The molecule has 0 fully saturated rings. The van der Waals surface area contributed by atoms with Gasteiger partial charge in [-0.3, -0.25) is 0 Å². The number of rotatable bonds is 6. The van der Waals surface area contributed by atoms with Crippen LogP contribution >= 0.6 is 27.3 Å². The lowest BCUT2D eigenvalue weighted by Crippen LogP contribution is -2.18. The average molecular weight is 345 g/mol. The summed E-state index contributed by atoms with van der Waals surface area (Å²) in [7, 11) is 1.68. The number of hydrogen-bond acceptors (Lipinski definition) is 4. The molecule has 0 aliphatic rings. The maximum absolute atomic E-state index is 13.2. The molecule has 0 atom stereocenters. The number of methoxy groups -OCH3 is 1. The van der Waals surface area contributed by atoms with E-state index in [2.05, 4.69) is 26.2 Å². The standard InChI is InChI=1S/C13H14BrFN2OS/c1-18-5-4-16-7-13-17-12(8-19-13)9-2-3-11(15)10(14)6-9/h2-3,6,8,16H,4-5,7H2,1H3. The fraction of sp³-hybridized carbons (Fsp3) is 0.308. The van der Waals surface area contributed by atoms with Crippen LogP contribution in [-0.2, 0) is 11.3 Å². The molecule has 0 bridgehead atoms. The van der Waals surface area contributed by atoms with Crippen molar-refractivity contribution in [3.63, 3.8) is 0 Å². The van der Waals surface area contributed by atoms with E-state index in [0.717, 1.165) is 29.4 Å². The minimum atomic E-state index is -0.263. The molecule has 1 aromatic carbocycles. The molecule has 0 aliphatic carbocycles. The topological polar surface area (TPSA) is 34.1 Å². The predicted molar refractivity (Wildman–Crippen MR) is 78.8 cm³/mol. The van der Waals surface area contributed by atoms with Crippen molar-refractivity contribution in [2.45, 2.75) is 6.54 Å². The smallest absolute Gasteiger partial charge is 0.137 e. The summed E-state index contributed by atoms with van der Waals surface area (Å²) >= 11 is 4.77. The van der Waals surface area contributed by atoms with Gasteiger partial charge in [-0.1, -0.05) is 0 Å². The number of benzene rings is 1. The van der Waals surface area contributed by atoms with E-state index in [9.17, 15) is 4.39 Å². The number of thiazole rings is 1. The third-order valence-electron chi connectivity index (χ3n) is 2.53. The van der Waals surface area contributed by atoms with Crippen LogP contribution in [0.5, 0.6) is 0 Å². The van der Waals surface area contributed by atoms with Gasteiger partial charge in [0, 0.05) is 31.1 Å². The number of ether oxygens (including phenoxy) is 1. The summed E-state index contributed by atoms with van der Waals surface area (Å²) in [5.74, 6) is -0.263. The molecule has 102 valence electrons. The van der Waals surface area contributed by atoms with Crippen LogP contribution in [0.15, 0.2) is 28.1 Å². The average Bonchev–Trinajstić information content (AvgIpc) is 2.87. The van der Waals surface area contributed by atoms with Gasteiger partial charge in [-0.25, -0.2) is 9.37 Å². The van der Waals surface area contributed by atoms with Crippen molar-refractivity contribution < 1.29 is 9.13 Å². The summed E-state index contributed by atoms with van der Waals surface area (Å²) in [5.41, 5.74) is 1.78. The summed E-state index contributed by atoms with van der Waals surface area (Å²) in [5, 5.41) is 6.23. The van der Waals surface area contributed by atoms with Crippen molar-refractivity contribution in [2.75, 3.05) is 20.3 Å².